The van der Waals surface area contributed by atoms with Gasteiger partial charge in [-0.3, -0.25) is 4.79 Å². The summed E-state index contributed by atoms with van der Waals surface area (Å²) in [5.74, 6) is 2.11. The van der Waals surface area contributed by atoms with Crippen LogP contribution in [0, 0.1) is 0 Å². The van der Waals surface area contributed by atoms with Crippen molar-refractivity contribution in [3.05, 3.63) is 63.6 Å². The maximum Gasteiger partial charge on any atom is 0.230 e. The Balaban J connectivity index is 1.30. The average molecular weight is 477 g/mol. The van der Waals surface area contributed by atoms with E-state index in [1.807, 2.05) is 29.6 Å². The maximum absolute atomic E-state index is 12.3. The topological polar surface area (TPSA) is 60.5 Å². The first-order chi connectivity index (χ1) is 13.7. The van der Waals surface area contributed by atoms with Crippen molar-refractivity contribution in [3.8, 4) is 11.5 Å². The summed E-state index contributed by atoms with van der Waals surface area (Å²) >= 11 is 6.68. The molecule has 0 spiro atoms. The molecule has 0 bridgehead atoms. The monoisotopic (exact) mass is 476 g/mol. The number of nitrogens with zero attached hydrogens (tertiary/aromatic N) is 1. The Labute approximate surface area is 179 Å². The van der Waals surface area contributed by atoms with E-state index >= 15 is 0 Å². The van der Waals surface area contributed by atoms with E-state index in [0.717, 1.165) is 20.3 Å². The third kappa shape index (κ3) is 5.06. The molecule has 3 aromatic rings. The molecule has 1 aliphatic rings. The number of nitrogens with one attached hydrogen (secondary N) is 1. The van der Waals surface area contributed by atoms with Crippen molar-refractivity contribution in [2.24, 2.45) is 0 Å². The third-order valence-corrected chi connectivity index (χ3v) is 6.64. The Morgan fingerprint density at radius 3 is 2.75 bits per heavy atom. The van der Waals surface area contributed by atoms with Crippen LogP contribution in [-0.2, 0) is 17.0 Å². The lowest BCUT2D eigenvalue weighted by atomic mass is 10.2. The minimum atomic E-state index is -0.105. The van der Waals surface area contributed by atoms with Gasteiger partial charge in [-0.2, -0.15) is 0 Å². The summed E-state index contributed by atoms with van der Waals surface area (Å²) in [7, 11) is 0. The molecule has 1 amide bonds. The number of ether oxygens (including phenoxy) is 2. The largest absolute Gasteiger partial charge is 0.486 e. The fraction of sp³-hybridized carbons (Fsp3) is 0.200. The van der Waals surface area contributed by atoms with E-state index in [2.05, 4.69) is 38.4 Å². The number of thioether (sulfide) groups is 1. The lowest BCUT2D eigenvalue weighted by molar-refractivity contribution is -0.115. The maximum atomic E-state index is 12.3. The first kappa shape index (κ1) is 19.3. The predicted octanol–water partition coefficient (Wildman–Crippen LogP) is 5.15. The highest BCUT2D eigenvalue weighted by molar-refractivity contribution is 9.10. The van der Waals surface area contributed by atoms with Crippen LogP contribution in [0.25, 0.3) is 0 Å². The van der Waals surface area contributed by atoms with Gasteiger partial charge in [0, 0.05) is 27.4 Å². The van der Waals surface area contributed by atoms with Crippen LogP contribution in [0.1, 0.15) is 11.3 Å². The van der Waals surface area contributed by atoms with E-state index in [1.54, 1.807) is 29.2 Å². The highest BCUT2D eigenvalue weighted by Gasteiger charge is 2.14. The molecule has 0 atom stereocenters. The van der Waals surface area contributed by atoms with Gasteiger partial charge in [0.15, 0.2) is 11.5 Å². The number of carbonyl (C=O) groups is 1. The lowest BCUT2D eigenvalue weighted by Crippen LogP contribution is -2.17. The summed E-state index contributed by atoms with van der Waals surface area (Å²) in [5.41, 5.74) is 2.70. The van der Waals surface area contributed by atoms with Gasteiger partial charge in [-0.25, -0.2) is 4.98 Å². The molecule has 144 valence electrons. The standard InChI is InChI=1S/C20H17BrN2O3S2/c21-14-3-1-13(2-4-14)11-27-20-23-16(12-28-20)10-19(24)22-15-5-6-17-18(9-15)26-8-7-25-17/h1-6,9,12H,7-8,10-11H2,(H,22,24). The molecule has 2 heterocycles. The van der Waals surface area contributed by atoms with Crippen molar-refractivity contribution in [3.63, 3.8) is 0 Å². The van der Waals surface area contributed by atoms with E-state index in [0.29, 0.717) is 30.4 Å². The van der Waals surface area contributed by atoms with Gasteiger partial charge in [0.2, 0.25) is 5.91 Å². The quantitative estimate of drug-likeness (QED) is 0.498. The van der Waals surface area contributed by atoms with Crippen molar-refractivity contribution in [2.75, 3.05) is 18.5 Å². The van der Waals surface area contributed by atoms with Crippen molar-refractivity contribution < 1.29 is 14.3 Å². The number of rotatable bonds is 6. The highest BCUT2D eigenvalue weighted by atomic mass is 79.9. The van der Waals surface area contributed by atoms with Crippen molar-refractivity contribution in [1.82, 2.24) is 4.98 Å². The SMILES string of the molecule is O=C(Cc1csc(SCc2ccc(Br)cc2)n1)Nc1ccc2c(c1)OCCO2. The molecule has 0 unspecified atom stereocenters. The minimum Gasteiger partial charge on any atom is -0.486 e. The second kappa shape index (κ2) is 8.98. The molecule has 0 fully saturated rings. The molecule has 1 aliphatic heterocycles. The van der Waals surface area contributed by atoms with Gasteiger partial charge in [-0.15, -0.1) is 11.3 Å². The molecule has 5 nitrogen and oxygen atoms in total. The van der Waals surface area contributed by atoms with Crippen LogP contribution in [-0.4, -0.2) is 24.1 Å². The fourth-order valence-corrected chi connectivity index (χ4v) is 4.72. The number of fused-ring (bicyclic) bond motifs is 1. The van der Waals surface area contributed by atoms with Crippen molar-refractivity contribution >= 4 is 50.6 Å². The highest BCUT2D eigenvalue weighted by Crippen LogP contribution is 2.32. The summed E-state index contributed by atoms with van der Waals surface area (Å²) in [6.07, 6.45) is 0.240. The molecule has 1 N–H and O–H groups in total. The van der Waals surface area contributed by atoms with Crippen LogP contribution >= 0.6 is 39.0 Å². The van der Waals surface area contributed by atoms with Gasteiger partial charge in [0.05, 0.1) is 12.1 Å². The molecule has 0 saturated heterocycles. The summed E-state index contributed by atoms with van der Waals surface area (Å²) in [6.45, 7) is 1.06. The first-order valence-corrected chi connectivity index (χ1v) is 11.3. The summed E-state index contributed by atoms with van der Waals surface area (Å²) in [5, 5.41) is 4.83. The van der Waals surface area contributed by atoms with Gasteiger partial charge in [0.1, 0.15) is 17.6 Å². The molecule has 0 saturated carbocycles. The average Bonchev–Trinajstić information content (AvgIpc) is 3.14. The summed E-state index contributed by atoms with van der Waals surface area (Å²) in [4.78, 5) is 16.9. The summed E-state index contributed by atoms with van der Waals surface area (Å²) < 4.78 is 13.1. The normalized spacial score (nSPS) is 12.6. The molecular formula is C20H17BrN2O3S2. The van der Waals surface area contributed by atoms with Crippen LogP contribution in [0.5, 0.6) is 11.5 Å². The molecule has 0 aliphatic carbocycles. The van der Waals surface area contributed by atoms with Crippen LogP contribution in [0.3, 0.4) is 0 Å². The Morgan fingerprint density at radius 1 is 1.14 bits per heavy atom. The Bertz CT molecular complexity index is 976. The number of aromatic nitrogens is 1. The van der Waals surface area contributed by atoms with E-state index in [9.17, 15) is 4.79 Å². The third-order valence-electron chi connectivity index (χ3n) is 3.97. The first-order valence-electron chi connectivity index (χ1n) is 8.67. The van der Waals surface area contributed by atoms with Gasteiger partial charge in [-0.1, -0.05) is 39.8 Å². The number of amides is 1. The number of hydrogen-bond donors (Lipinski definition) is 1. The van der Waals surface area contributed by atoms with Crippen LogP contribution < -0.4 is 14.8 Å². The van der Waals surface area contributed by atoms with Crippen molar-refractivity contribution in [2.45, 2.75) is 16.5 Å². The zero-order chi connectivity index (χ0) is 19.3. The van der Waals surface area contributed by atoms with Gasteiger partial charge < -0.3 is 14.8 Å². The van der Waals surface area contributed by atoms with E-state index in [4.69, 9.17) is 9.47 Å². The van der Waals surface area contributed by atoms with Gasteiger partial charge in [-0.05, 0) is 29.8 Å². The Morgan fingerprint density at radius 2 is 1.93 bits per heavy atom. The molecular weight excluding hydrogens is 460 g/mol. The van der Waals surface area contributed by atoms with Crippen LogP contribution in [0.15, 0.2) is 56.7 Å². The second-order valence-corrected chi connectivity index (χ2v) is 9.10. The minimum absolute atomic E-state index is 0.105. The summed E-state index contributed by atoms with van der Waals surface area (Å²) in [6, 6.07) is 13.7. The van der Waals surface area contributed by atoms with Crippen LogP contribution in [0.2, 0.25) is 0 Å². The number of benzene rings is 2. The smallest absolute Gasteiger partial charge is 0.230 e. The fourth-order valence-electron chi connectivity index (χ4n) is 2.65. The number of hydrogen-bond acceptors (Lipinski definition) is 6. The molecule has 4 rings (SSSR count). The Kier molecular flexibility index (Phi) is 6.19. The zero-order valence-electron chi connectivity index (χ0n) is 14.8. The van der Waals surface area contributed by atoms with Gasteiger partial charge in [0.25, 0.3) is 0 Å². The van der Waals surface area contributed by atoms with E-state index < -0.39 is 0 Å². The van der Waals surface area contributed by atoms with E-state index in [-0.39, 0.29) is 12.3 Å². The zero-order valence-corrected chi connectivity index (χ0v) is 18.0. The van der Waals surface area contributed by atoms with E-state index in [1.165, 1.54) is 5.56 Å². The molecule has 1 aromatic heterocycles. The lowest BCUT2D eigenvalue weighted by Gasteiger charge is -2.18. The van der Waals surface area contributed by atoms with Crippen molar-refractivity contribution in [1.29, 1.82) is 0 Å². The predicted molar refractivity (Wildman–Crippen MR) is 116 cm³/mol. The molecule has 28 heavy (non-hydrogen) atoms. The second-order valence-electron chi connectivity index (χ2n) is 6.10. The molecule has 0 radical (unpaired) electrons. The molecule has 8 heteroatoms. The number of thiazole rings is 1. The Hall–Kier alpha value is -2.03. The number of halogens is 1. The van der Waals surface area contributed by atoms with Gasteiger partial charge >= 0.3 is 0 Å². The number of anilines is 1. The van der Waals surface area contributed by atoms with Crippen LogP contribution in [0.4, 0.5) is 5.69 Å². The molecule has 2 aromatic carbocycles. The number of carbonyl (C=O) groups excluding carboxylic acids is 1.